The van der Waals surface area contributed by atoms with Gasteiger partial charge in [-0.05, 0) is 31.4 Å². The quantitative estimate of drug-likeness (QED) is 0.586. The number of nitrogens with zero attached hydrogens (tertiary/aromatic N) is 4. The monoisotopic (exact) mass is 344 g/mol. The van der Waals surface area contributed by atoms with Crippen LogP contribution in [0.3, 0.4) is 0 Å². The van der Waals surface area contributed by atoms with Gasteiger partial charge in [0.05, 0.1) is 22.0 Å². The highest BCUT2D eigenvalue weighted by molar-refractivity contribution is 7.27. The highest BCUT2D eigenvalue weighted by Gasteiger charge is 2.16. The van der Waals surface area contributed by atoms with Crippen molar-refractivity contribution in [3.05, 3.63) is 43.7 Å². The minimum Gasteiger partial charge on any atom is -0.226 e. The molecule has 4 nitrogen and oxygen atoms in total. The molecule has 0 aliphatic carbocycles. The van der Waals surface area contributed by atoms with E-state index in [-0.39, 0.29) is 11.3 Å². The molecule has 0 saturated carbocycles. The largest absolute Gasteiger partial charge is 0.270 e. The van der Waals surface area contributed by atoms with Gasteiger partial charge in [-0.3, -0.25) is 0 Å². The third-order valence-corrected chi connectivity index (χ3v) is 5.90. The predicted octanol–water partition coefficient (Wildman–Crippen LogP) is 3.48. The molecule has 24 heavy (non-hydrogen) atoms. The van der Waals surface area contributed by atoms with E-state index in [2.05, 4.69) is 4.85 Å². The van der Waals surface area contributed by atoms with Crippen molar-refractivity contribution in [1.82, 2.24) is 0 Å². The first-order valence-electron chi connectivity index (χ1n) is 6.84. The summed E-state index contributed by atoms with van der Waals surface area (Å²) in [5.41, 5.74) is -0.170. The maximum atomic E-state index is 9.40. The first-order chi connectivity index (χ1) is 11.5. The minimum atomic E-state index is -0.0958. The number of benzene rings is 1. The standard InChI is InChI=1S/C18H8N4S2/c1-9-4-12-15(11(6-19)7-20)16(14(8-21)22-3)13-5-10(2)24-18(13)17(12)23-9/h4-5H,1-2H3/b16-14+. The van der Waals surface area contributed by atoms with Crippen LogP contribution < -0.4 is 10.4 Å². The van der Waals surface area contributed by atoms with E-state index < -0.39 is 0 Å². The molecule has 0 spiro atoms. The lowest BCUT2D eigenvalue weighted by atomic mass is 10.0. The van der Waals surface area contributed by atoms with E-state index in [9.17, 15) is 15.8 Å². The molecule has 3 rings (SSSR count). The van der Waals surface area contributed by atoms with E-state index in [4.69, 9.17) is 6.57 Å². The molecule has 0 saturated heterocycles. The summed E-state index contributed by atoms with van der Waals surface area (Å²) >= 11 is 3.18. The Bertz CT molecular complexity index is 1170. The molecule has 0 aliphatic heterocycles. The summed E-state index contributed by atoms with van der Waals surface area (Å²) in [5, 5.41) is 30.5. The van der Waals surface area contributed by atoms with E-state index in [1.807, 2.05) is 44.2 Å². The second kappa shape index (κ2) is 5.80. The van der Waals surface area contributed by atoms with Gasteiger partial charge in [-0.15, -0.1) is 22.7 Å². The minimum absolute atomic E-state index is 0.0741. The highest BCUT2D eigenvalue weighted by atomic mass is 32.1. The zero-order chi connectivity index (χ0) is 17.4. The van der Waals surface area contributed by atoms with Crippen molar-refractivity contribution in [2.45, 2.75) is 13.8 Å². The number of nitriles is 3. The van der Waals surface area contributed by atoms with Gasteiger partial charge in [-0.2, -0.15) is 10.5 Å². The van der Waals surface area contributed by atoms with Gasteiger partial charge in [0.1, 0.15) is 17.7 Å². The second-order valence-electron chi connectivity index (χ2n) is 5.12. The van der Waals surface area contributed by atoms with E-state index in [1.165, 1.54) is 0 Å². The van der Waals surface area contributed by atoms with Gasteiger partial charge in [0.25, 0.3) is 5.70 Å². The van der Waals surface area contributed by atoms with E-state index in [0.29, 0.717) is 10.4 Å². The summed E-state index contributed by atoms with van der Waals surface area (Å²) in [6, 6.07) is 9.60. The Kier molecular flexibility index (Phi) is 3.80. The van der Waals surface area contributed by atoms with Crippen molar-refractivity contribution in [2.75, 3.05) is 0 Å². The fourth-order valence-electron chi connectivity index (χ4n) is 2.79. The molecule has 0 fully saturated rings. The van der Waals surface area contributed by atoms with Crippen LogP contribution in [0.2, 0.25) is 0 Å². The van der Waals surface area contributed by atoms with Crippen LogP contribution in [0.1, 0.15) is 9.75 Å². The zero-order valence-corrected chi connectivity index (χ0v) is 14.4. The molecule has 0 radical (unpaired) electrons. The number of thiophene rings is 2. The lowest BCUT2D eigenvalue weighted by molar-refractivity contribution is 1.48. The molecule has 0 atom stereocenters. The van der Waals surface area contributed by atoms with Crippen LogP contribution in [-0.4, -0.2) is 0 Å². The maximum absolute atomic E-state index is 9.40. The van der Waals surface area contributed by atoms with E-state index in [0.717, 1.165) is 29.9 Å². The molecule has 2 aromatic heterocycles. The van der Waals surface area contributed by atoms with Gasteiger partial charge in [0.15, 0.2) is 0 Å². The van der Waals surface area contributed by atoms with Gasteiger partial charge in [0.2, 0.25) is 0 Å². The van der Waals surface area contributed by atoms with Crippen LogP contribution in [0.15, 0.2) is 12.1 Å². The van der Waals surface area contributed by atoms with Crippen LogP contribution in [-0.2, 0) is 0 Å². The van der Waals surface area contributed by atoms with E-state index >= 15 is 0 Å². The van der Waals surface area contributed by atoms with Gasteiger partial charge in [-0.1, -0.05) is 0 Å². The Morgan fingerprint density at radius 1 is 0.917 bits per heavy atom. The van der Waals surface area contributed by atoms with Gasteiger partial charge in [-0.25, -0.2) is 10.1 Å². The molecule has 112 valence electrons. The molecular formula is C18H8N4S2. The Balaban J connectivity index is 2.97. The third kappa shape index (κ3) is 2.15. The van der Waals surface area contributed by atoms with Crippen LogP contribution in [0.5, 0.6) is 0 Å². The zero-order valence-electron chi connectivity index (χ0n) is 12.8. The predicted molar refractivity (Wildman–Crippen MR) is 96.2 cm³/mol. The lowest BCUT2D eigenvalue weighted by Crippen LogP contribution is -2.29. The molecule has 6 heteroatoms. The number of hydrogen-bond acceptors (Lipinski definition) is 5. The number of fused-ring (bicyclic) bond motifs is 3. The molecule has 0 unspecified atom stereocenters. The van der Waals surface area contributed by atoms with Crippen LogP contribution >= 0.6 is 22.7 Å². The average molecular weight is 344 g/mol. The summed E-state index contributed by atoms with van der Waals surface area (Å²) < 4.78 is 1.98. The molecule has 0 amide bonds. The number of aryl methyl sites for hydroxylation is 2. The normalized spacial score (nSPS) is 11.4. The molecular weight excluding hydrogens is 336 g/mol. The first kappa shape index (κ1) is 15.7. The first-order valence-corrected chi connectivity index (χ1v) is 8.47. The number of hydrogen-bond donors (Lipinski definition) is 0. The summed E-state index contributed by atoms with van der Waals surface area (Å²) in [7, 11) is 0. The molecule has 0 aliphatic rings. The van der Waals surface area contributed by atoms with Crippen molar-refractivity contribution in [3.63, 3.8) is 0 Å². The average Bonchev–Trinajstić information content (AvgIpc) is 3.13. The summed E-state index contributed by atoms with van der Waals surface area (Å²) in [5.74, 6) is 0. The lowest BCUT2D eigenvalue weighted by Gasteiger charge is -2.00. The van der Waals surface area contributed by atoms with Crippen molar-refractivity contribution in [1.29, 1.82) is 15.8 Å². The second-order valence-corrected chi connectivity index (χ2v) is 7.63. The topological polar surface area (TPSA) is 75.7 Å². The Hall–Kier alpha value is -3.16. The van der Waals surface area contributed by atoms with Crippen LogP contribution in [0.4, 0.5) is 0 Å². The number of rotatable bonds is 0. The molecule has 1 aromatic carbocycles. The summed E-state index contributed by atoms with van der Waals surface area (Å²) in [6.45, 7) is 11.3. The highest BCUT2D eigenvalue weighted by Crippen LogP contribution is 2.34. The van der Waals surface area contributed by atoms with Crippen LogP contribution in [0.25, 0.3) is 36.3 Å². The Morgan fingerprint density at radius 2 is 1.42 bits per heavy atom. The van der Waals surface area contributed by atoms with Crippen molar-refractivity contribution >= 4 is 54.1 Å². The smallest absolute Gasteiger partial charge is 0.226 e. The summed E-state index contributed by atoms with van der Waals surface area (Å²) in [6.07, 6.45) is 0. The van der Waals surface area contributed by atoms with Crippen molar-refractivity contribution in [3.8, 4) is 18.2 Å². The molecule has 3 aromatic rings. The molecule has 0 bridgehead atoms. The Morgan fingerprint density at radius 3 is 1.83 bits per heavy atom. The SMILES string of the molecule is [C-]#[N+]/C(C#N)=c1/c(=C(C#N)C#N)c2cc(C)sc2c2sc(C)cc12. The maximum Gasteiger partial charge on any atom is 0.270 e. The van der Waals surface area contributed by atoms with E-state index in [1.54, 1.807) is 22.7 Å². The van der Waals surface area contributed by atoms with Gasteiger partial charge >= 0.3 is 0 Å². The summed E-state index contributed by atoms with van der Waals surface area (Å²) in [4.78, 5) is 5.44. The van der Waals surface area contributed by atoms with Crippen LogP contribution in [0, 0.1) is 54.4 Å². The van der Waals surface area contributed by atoms with Gasteiger partial charge < -0.3 is 0 Å². The fraction of sp³-hybridized carbons (Fsp3) is 0.111. The van der Waals surface area contributed by atoms with Gasteiger partial charge in [0, 0.05) is 25.6 Å². The molecule has 2 heterocycles. The van der Waals surface area contributed by atoms with Crippen molar-refractivity contribution < 1.29 is 0 Å². The Labute approximate surface area is 145 Å². The van der Waals surface area contributed by atoms with Crippen molar-refractivity contribution in [2.24, 2.45) is 0 Å². The third-order valence-electron chi connectivity index (χ3n) is 3.63. The molecule has 0 N–H and O–H groups in total. The fourth-order valence-corrected chi connectivity index (χ4v) is 4.98.